The first-order valence-corrected chi connectivity index (χ1v) is 4.82. The Morgan fingerprint density at radius 1 is 1.38 bits per heavy atom. The molecule has 1 saturated heterocycles. The van der Waals surface area contributed by atoms with Crippen molar-refractivity contribution in [3.8, 4) is 0 Å². The minimum absolute atomic E-state index is 0.249. The molecule has 76 valence electrons. The number of piperidine rings is 1. The Bertz CT molecular complexity index is 164. The van der Waals surface area contributed by atoms with Crippen LogP contribution < -0.4 is 0 Å². The molecule has 0 radical (unpaired) electrons. The fourth-order valence-corrected chi connectivity index (χ4v) is 1.79. The van der Waals surface area contributed by atoms with Crippen LogP contribution in [0.4, 0.5) is 4.79 Å². The number of rotatable bonds is 3. The zero-order valence-electron chi connectivity index (χ0n) is 7.78. The molecule has 0 aromatic heterocycles. The number of likely N-dealkylation sites (tertiary alicyclic amines) is 1. The molecule has 0 aromatic carbocycles. The summed E-state index contributed by atoms with van der Waals surface area (Å²) in [5.74, 6) is 0.614. The van der Waals surface area contributed by atoms with Gasteiger partial charge in [-0.25, -0.2) is 4.79 Å². The van der Waals surface area contributed by atoms with Crippen LogP contribution in [0.15, 0.2) is 0 Å². The summed E-state index contributed by atoms with van der Waals surface area (Å²) < 4.78 is 0. The molecule has 0 aromatic rings. The van der Waals surface area contributed by atoms with Crippen LogP contribution in [0.5, 0.6) is 0 Å². The third kappa shape index (κ3) is 3.22. The van der Waals surface area contributed by atoms with E-state index in [1.54, 1.807) is 0 Å². The highest BCUT2D eigenvalue weighted by Gasteiger charge is 2.21. The minimum atomic E-state index is -0.805. The van der Waals surface area contributed by atoms with Gasteiger partial charge in [0.1, 0.15) is 0 Å². The van der Waals surface area contributed by atoms with Gasteiger partial charge in [-0.2, -0.15) is 0 Å². The summed E-state index contributed by atoms with van der Waals surface area (Å²) in [5, 5.41) is 17.3. The lowest BCUT2D eigenvalue weighted by Crippen LogP contribution is -2.37. The normalized spacial score (nSPS) is 19.0. The molecule has 1 fully saturated rings. The molecule has 1 aliphatic heterocycles. The second-order valence-electron chi connectivity index (χ2n) is 3.58. The number of amides is 1. The van der Waals surface area contributed by atoms with Crippen molar-refractivity contribution >= 4 is 6.09 Å². The molecule has 0 unspecified atom stereocenters. The van der Waals surface area contributed by atoms with E-state index in [-0.39, 0.29) is 6.61 Å². The van der Waals surface area contributed by atoms with Gasteiger partial charge in [0.05, 0.1) is 0 Å². The number of aliphatic hydroxyl groups excluding tert-OH is 1. The summed E-state index contributed by atoms with van der Waals surface area (Å²) >= 11 is 0. The van der Waals surface area contributed by atoms with E-state index >= 15 is 0 Å². The minimum Gasteiger partial charge on any atom is -0.465 e. The van der Waals surface area contributed by atoms with Gasteiger partial charge in [0, 0.05) is 19.7 Å². The summed E-state index contributed by atoms with van der Waals surface area (Å²) in [4.78, 5) is 12.0. The van der Waals surface area contributed by atoms with E-state index in [1.807, 2.05) is 0 Å². The van der Waals surface area contributed by atoms with E-state index < -0.39 is 6.09 Å². The first-order chi connectivity index (χ1) is 6.24. The summed E-state index contributed by atoms with van der Waals surface area (Å²) in [5.41, 5.74) is 0. The van der Waals surface area contributed by atoms with Crippen LogP contribution in [0.3, 0.4) is 0 Å². The molecule has 4 heteroatoms. The van der Waals surface area contributed by atoms with Crippen LogP contribution >= 0.6 is 0 Å². The molecular formula is C9H17NO3. The van der Waals surface area contributed by atoms with Crippen LogP contribution in [0, 0.1) is 5.92 Å². The van der Waals surface area contributed by atoms with Gasteiger partial charge >= 0.3 is 6.09 Å². The van der Waals surface area contributed by atoms with Gasteiger partial charge in [0.25, 0.3) is 0 Å². The predicted octanol–water partition coefficient (Wildman–Crippen LogP) is 1.15. The highest BCUT2D eigenvalue weighted by atomic mass is 16.4. The number of nitrogens with zero attached hydrogens (tertiary/aromatic N) is 1. The Kier molecular flexibility index (Phi) is 4.02. The van der Waals surface area contributed by atoms with Gasteiger partial charge in [0.2, 0.25) is 0 Å². The lowest BCUT2D eigenvalue weighted by molar-refractivity contribution is 0.121. The maximum Gasteiger partial charge on any atom is 0.407 e. The van der Waals surface area contributed by atoms with Crippen molar-refractivity contribution in [1.82, 2.24) is 4.90 Å². The average Bonchev–Trinajstić information content (AvgIpc) is 2.15. The Hall–Kier alpha value is -0.770. The third-order valence-electron chi connectivity index (χ3n) is 2.66. The third-order valence-corrected chi connectivity index (χ3v) is 2.66. The smallest absolute Gasteiger partial charge is 0.407 e. The number of hydrogen-bond acceptors (Lipinski definition) is 2. The lowest BCUT2D eigenvalue weighted by atomic mass is 9.92. The van der Waals surface area contributed by atoms with Crippen molar-refractivity contribution in [3.05, 3.63) is 0 Å². The highest BCUT2D eigenvalue weighted by molar-refractivity contribution is 5.64. The maximum absolute atomic E-state index is 10.6. The zero-order valence-corrected chi connectivity index (χ0v) is 7.78. The van der Waals surface area contributed by atoms with Gasteiger partial charge < -0.3 is 15.1 Å². The van der Waals surface area contributed by atoms with Crippen LogP contribution in [0.25, 0.3) is 0 Å². The summed E-state index contributed by atoms with van der Waals surface area (Å²) in [6.07, 6.45) is 2.97. The van der Waals surface area contributed by atoms with E-state index in [0.717, 1.165) is 25.7 Å². The fourth-order valence-electron chi connectivity index (χ4n) is 1.79. The summed E-state index contributed by atoms with van der Waals surface area (Å²) in [7, 11) is 0. The Balaban J connectivity index is 2.18. The first-order valence-electron chi connectivity index (χ1n) is 4.82. The summed E-state index contributed by atoms with van der Waals surface area (Å²) in [6, 6.07) is 0. The van der Waals surface area contributed by atoms with Crippen LogP contribution in [-0.2, 0) is 0 Å². The Morgan fingerprint density at radius 2 is 2.00 bits per heavy atom. The van der Waals surface area contributed by atoms with Gasteiger partial charge in [-0.15, -0.1) is 0 Å². The van der Waals surface area contributed by atoms with Crippen LogP contribution in [0.1, 0.15) is 25.7 Å². The molecule has 0 bridgehead atoms. The first kappa shape index (κ1) is 10.3. The number of hydrogen-bond donors (Lipinski definition) is 2. The van der Waals surface area contributed by atoms with Crippen LogP contribution in [0.2, 0.25) is 0 Å². The summed E-state index contributed by atoms with van der Waals surface area (Å²) in [6.45, 7) is 1.57. The largest absolute Gasteiger partial charge is 0.465 e. The van der Waals surface area contributed by atoms with E-state index in [9.17, 15) is 4.79 Å². The monoisotopic (exact) mass is 187 g/mol. The predicted molar refractivity (Wildman–Crippen MR) is 48.6 cm³/mol. The molecule has 1 rings (SSSR count). The molecule has 0 spiro atoms. The van der Waals surface area contributed by atoms with E-state index in [1.165, 1.54) is 4.90 Å². The Labute approximate surface area is 78.2 Å². The quantitative estimate of drug-likeness (QED) is 0.696. The van der Waals surface area contributed by atoms with Crippen molar-refractivity contribution in [3.63, 3.8) is 0 Å². The van der Waals surface area contributed by atoms with Gasteiger partial charge in [-0.05, 0) is 31.6 Å². The second kappa shape index (κ2) is 5.07. The van der Waals surface area contributed by atoms with Crippen molar-refractivity contribution in [2.24, 2.45) is 5.92 Å². The average molecular weight is 187 g/mol. The van der Waals surface area contributed by atoms with Crippen molar-refractivity contribution in [2.75, 3.05) is 19.7 Å². The van der Waals surface area contributed by atoms with Crippen molar-refractivity contribution in [2.45, 2.75) is 25.7 Å². The molecule has 1 amide bonds. The number of aliphatic hydroxyl groups is 1. The van der Waals surface area contributed by atoms with E-state index in [2.05, 4.69) is 0 Å². The molecule has 0 saturated carbocycles. The molecule has 1 heterocycles. The zero-order chi connectivity index (χ0) is 9.68. The number of carbonyl (C=O) groups is 1. The SMILES string of the molecule is O=C(O)N1CCC(CCCO)CC1. The standard InChI is InChI=1S/C9H17NO3/c11-7-1-2-8-3-5-10(6-4-8)9(12)13/h8,11H,1-7H2,(H,12,13). The van der Waals surface area contributed by atoms with E-state index in [4.69, 9.17) is 10.2 Å². The van der Waals surface area contributed by atoms with Crippen molar-refractivity contribution < 1.29 is 15.0 Å². The fraction of sp³-hybridized carbons (Fsp3) is 0.889. The molecule has 0 atom stereocenters. The number of carboxylic acid groups (broad SMARTS) is 1. The van der Waals surface area contributed by atoms with Gasteiger partial charge in [0.15, 0.2) is 0 Å². The van der Waals surface area contributed by atoms with Gasteiger partial charge in [-0.1, -0.05) is 0 Å². The topological polar surface area (TPSA) is 60.8 Å². The molecule has 4 nitrogen and oxygen atoms in total. The lowest BCUT2D eigenvalue weighted by Gasteiger charge is -2.29. The van der Waals surface area contributed by atoms with Crippen molar-refractivity contribution in [1.29, 1.82) is 0 Å². The molecule has 0 aliphatic carbocycles. The van der Waals surface area contributed by atoms with E-state index in [0.29, 0.717) is 19.0 Å². The Morgan fingerprint density at radius 3 is 2.46 bits per heavy atom. The molecule has 13 heavy (non-hydrogen) atoms. The molecule has 2 N–H and O–H groups in total. The molecular weight excluding hydrogens is 170 g/mol. The highest BCUT2D eigenvalue weighted by Crippen LogP contribution is 2.21. The van der Waals surface area contributed by atoms with Crippen LogP contribution in [-0.4, -0.2) is 40.9 Å². The molecule has 1 aliphatic rings. The van der Waals surface area contributed by atoms with Gasteiger partial charge in [-0.3, -0.25) is 0 Å². The maximum atomic E-state index is 10.6. The second-order valence-corrected chi connectivity index (χ2v) is 3.58.